The van der Waals surface area contributed by atoms with Crippen molar-refractivity contribution in [2.75, 3.05) is 14.1 Å². The molecule has 4 heteroatoms. The summed E-state index contributed by atoms with van der Waals surface area (Å²) in [5, 5.41) is 9.38. The molecule has 1 N–H and O–H groups in total. The van der Waals surface area contributed by atoms with Crippen LogP contribution in [-0.2, 0) is 4.79 Å². The summed E-state index contributed by atoms with van der Waals surface area (Å²) in [7, 11) is 3.81. The van der Waals surface area contributed by atoms with Crippen molar-refractivity contribution in [2.24, 2.45) is 11.8 Å². The summed E-state index contributed by atoms with van der Waals surface area (Å²) < 4.78 is 0. The lowest BCUT2D eigenvalue weighted by atomic mass is 9.84. The Morgan fingerprint density at radius 2 is 1.82 bits per heavy atom. The lowest BCUT2D eigenvalue weighted by molar-refractivity contribution is -0.146. The highest BCUT2D eigenvalue weighted by atomic mass is 16.4. The highest BCUT2D eigenvalue weighted by Gasteiger charge is 2.33. The van der Waals surface area contributed by atoms with E-state index in [4.69, 9.17) is 0 Å². The molecule has 0 saturated heterocycles. The number of hydrogen-bond acceptors (Lipinski definition) is 3. The van der Waals surface area contributed by atoms with Crippen LogP contribution in [-0.4, -0.2) is 35.1 Å². The molecule has 1 heterocycles. The van der Waals surface area contributed by atoms with Gasteiger partial charge in [-0.2, -0.15) is 0 Å². The lowest BCUT2D eigenvalue weighted by Crippen LogP contribution is -2.35. The fraction of sp³-hybridized carbons (Fsp3) is 0.538. The van der Waals surface area contributed by atoms with Crippen molar-refractivity contribution in [3.05, 3.63) is 30.1 Å². The molecule has 94 valence electrons. The summed E-state index contributed by atoms with van der Waals surface area (Å²) in [5.41, 5.74) is 0.992. The number of carbonyl (C=O) groups is 1. The van der Waals surface area contributed by atoms with Crippen LogP contribution in [0, 0.1) is 11.8 Å². The van der Waals surface area contributed by atoms with Gasteiger partial charge in [0, 0.05) is 18.4 Å². The van der Waals surface area contributed by atoms with Crippen molar-refractivity contribution < 1.29 is 9.90 Å². The maximum Gasteiger partial charge on any atom is 0.308 e. The van der Waals surface area contributed by atoms with E-state index in [0.717, 1.165) is 5.56 Å². The molecule has 17 heavy (non-hydrogen) atoms. The Hall–Kier alpha value is -1.42. The minimum atomic E-state index is -0.754. The smallest absolute Gasteiger partial charge is 0.308 e. The Kier molecular flexibility index (Phi) is 4.63. The zero-order chi connectivity index (χ0) is 13.0. The monoisotopic (exact) mass is 236 g/mol. The van der Waals surface area contributed by atoms with Gasteiger partial charge in [0.15, 0.2) is 0 Å². The van der Waals surface area contributed by atoms with E-state index >= 15 is 0 Å². The van der Waals surface area contributed by atoms with Crippen LogP contribution in [0.15, 0.2) is 24.5 Å². The van der Waals surface area contributed by atoms with Gasteiger partial charge in [-0.05, 0) is 37.7 Å². The minimum Gasteiger partial charge on any atom is -0.481 e. The Bertz CT molecular complexity index is 363. The van der Waals surface area contributed by atoms with E-state index in [0.29, 0.717) is 0 Å². The van der Waals surface area contributed by atoms with E-state index in [9.17, 15) is 9.90 Å². The van der Waals surface area contributed by atoms with Crippen molar-refractivity contribution in [3.63, 3.8) is 0 Å². The molecule has 0 spiro atoms. The first-order valence-corrected chi connectivity index (χ1v) is 5.74. The number of nitrogens with zero attached hydrogens (tertiary/aromatic N) is 2. The summed E-state index contributed by atoms with van der Waals surface area (Å²) in [4.78, 5) is 17.3. The quantitative estimate of drug-likeness (QED) is 0.850. The van der Waals surface area contributed by atoms with Crippen molar-refractivity contribution >= 4 is 5.97 Å². The van der Waals surface area contributed by atoms with Crippen LogP contribution in [0.5, 0.6) is 0 Å². The SMILES string of the molecule is CC(C)C(C(=O)O)C(c1ccncc1)N(C)C. The molecule has 0 saturated carbocycles. The maximum atomic E-state index is 11.4. The first-order chi connectivity index (χ1) is 7.95. The van der Waals surface area contributed by atoms with Gasteiger partial charge in [0.25, 0.3) is 0 Å². The number of hydrogen-bond donors (Lipinski definition) is 1. The highest BCUT2D eigenvalue weighted by molar-refractivity contribution is 5.71. The third kappa shape index (κ3) is 3.27. The Balaban J connectivity index is 3.12. The molecule has 4 nitrogen and oxygen atoms in total. The van der Waals surface area contributed by atoms with Gasteiger partial charge in [0.05, 0.1) is 5.92 Å². The van der Waals surface area contributed by atoms with Gasteiger partial charge >= 0.3 is 5.97 Å². The summed E-state index contributed by atoms with van der Waals surface area (Å²) in [6, 6.07) is 3.63. The molecule has 0 radical (unpaired) electrons. The molecule has 0 aliphatic heterocycles. The second-order valence-corrected chi connectivity index (χ2v) is 4.80. The maximum absolute atomic E-state index is 11.4. The number of carboxylic acid groups (broad SMARTS) is 1. The largest absolute Gasteiger partial charge is 0.481 e. The standard InChI is InChI=1S/C13H20N2O2/c1-9(2)11(13(16)17)12(15(3)4)10-5-7-14-8-6-10/h5-9,11-12H,1-4H3,(H,16,17). The minimum absolute atomic E-state index is 0.0769. The molecular formula is C13H20N2O2. The van der Waals surface area contributed by atoms with Gasteiger partial charge in [0.2, 0.25) is 0 Å². The topological polar surface area (TPSA) is 53.4 Å². The van der Waals surface area contributed by atoms with Crippen LogP contribution in [0.4, 0.5) is 0 Å². The molecule has 0 bridgehead atoms. The number of pyridine rings is 1. The fourth-order valence-electron chi connectivity index (χ4n) is 2.17. The first kappa shape index (κ1) is 13.6. The predicted octanol–water partition coefficient (Wildman–Crippen LogP) is 2.04. The molecule has 1 aromatic rings. The molecule has 1 aromatic heterocycles. The third-order valence-corrected chi connectivity index (χ3v) is 2.95. The summed E-state index contributed by atoms with van der Waals surface area (Å²) in [6.45, 7) is 3.88. The normalized spacial score (nSPS) is 14.9. The Morgan fingerprint density at radius 1 is 1.29 bits per heavy atom. The van der Waals surface area contributed by atoms with E-state index in [1.807, 2.05) is 45.0 Å². The van der Waals surface area contributed by atoms with Crippen molar-refractivity contribution in [2.45, 2.75) is 19.9 Å². The van der Waals surface area contributed by atoms with Crippen molar-refractivity contribution in [1.29, 1.82) is 0 Å². The molecule has 2 atom stereocenters. The zero-order valence-electron chi connectivity index (χ0n) is 10.8. The van der Waals surface area contributed by atoms with Gasteiger partial charge in [-0.15, -0.1) is 0 Å². The third-order valence-electron chi connectivity index (χ3n) is 2.95. The van der Waals surface area contributed by atoms with Crippen LogP contribution in [0.3, 0.4) is 0 Å². The molecule has 2 unspecified atom stereocenters. The molecule has 1 rings (SSSR count). The molecular weight excluding hydrogens is 216 g/mol. The molecule has 0 fully saturated rings. The molecule has 0 aliphatic carbocycles. The zero-order valence-corrected chi connectivity index (χ0v) is 10.8. The van der Waals surface area contributed by atoms with E-state index in [-0.39, 0.29) is 12.0 Å². The number of aromatic nitrogens is 1. The average molecular weight is 236 g/mol. The van der Waals surface area contributed by atoms with E-state index < -0.39 is 11.9 Å². The lowest BCUT2D eigenvalue weighted by Gasteiger charge is -2.32. The van der Waals surface area contributed by atoms with Crippen LogP contribution in [0.25, 0.3) is 0 Å². The first-order valence-electron chi connectivity index (χ1n) is 5.74. The molecule has 0 amide bonds. The number of rotatable bonds is 5. The predicted molar refractivity (Wildman–Crippen MR) is 66.6 cm³/mol. The second kappa shape index (κ2) is 5.77. The number of aliphatic carboxylic acids is 1. The Morgan fingerprint density at radius 3 is 2.18 bits per heavy atom. The van der Waals surface area contributed by atoms with Crippen molar-refractivity contribution in [3.8, 4) is 0 Å². The van der Waals surface area contributed by atoms with E-state index in [2.05, 4.69) is 4.98 Å². The Labute approximate surface area is 102 Å². The van der Waals surface area contributed by atoms with Gasteiger partial charge in [-0.3, -0.25) is 9.78 Å². The van der Waals surface area contributed by atoms with E-state index in [1.54, 1.807) is 12.4 Å². The fourth-order valence-corrected chi connectivity index (χ4v) is 2.17. The number of carboxylic acids is 1. The van der Waals surface area contributed by atoms with Crippen LogP contribution in [0.2, 0.25) is 0 Å². The van der Waals surface area contributed by atoms with Crippen molar-refractivity contribution in [1.82, 2.24) is 9.88 Å². The molecule has 0 aliphatic rings. The summed E-state index contributed by atoms with van der Waals surface area (Å²) in [6.07, 6.45) is 3.40. The highest BCUT2D eigenvalue weighted by Crippen LogP contribution is 2.31. The van der Waals surface area contributed by atoms with Crippen LogP contribution < -0.4 is 0 Å². The van der Waals surface area contributed by atoms with Crippen LogP contribution in [0.1, 0.15) is 25.5 Å². The second-order valence-electron chi connectivity index (χ2n) is 4.80. The molecule has 0 aromatic carbocycles. The van der Waals surface area contributed by atoms with Gasteiger partial charge in [0.1, 0.15) is 0 Å². The van der Waals surface area contributed by atoms with Gasteiger partial charge in [-0.25, -0.2) is 0 Å². The summed E-state index contributed by atoms with van der Waals surface area (Å²) in [5.74, 6) is -1.10. The van der Waals surface area contributed by atoms with Gasteiger partial charge in [-0.1, -0.05) is 13.8 Å². The van der Waals surface area contributed by atoms with Crippen LogP contribution >= 0.6 is 0 Å². The van der Waals surface area contributed by atoms with Gasteiger partial charge < -0.3 is 10.0 Å². The average Bonchev–Trinajstić information content (AvgIpc) is 2.25. The summed E-state index contributed by atoms with van der Waals surface area (Å²) >= 11 is 0. The van der Waals surface area contributed by atoms with E-state index in [1.165, 1.54) is 0 Å².